The lowest BCUT2D eigenvalue weighted by atomic mass is 10.0. The Morgan fingerprint density at radius 1 is 1.28 bits per heavy atom. The summed E-state index contributed by atoms with van der Waals surface area (Å²) in [6, 6.07) is 4.68. The smallest absolute Gasteiger partial charge is 0.221 e. The van der Waals surface area contributed by atoms with E-state index >= 15 is 0 Å². The number of rotatable bonds is 8. The molecule has 1 amide bonds. The normalized spacial score (nSPS) is 17.2. The maximum atomic E-state index is 13.1. The van der Waals surface area contributed by atoms with Crippen LogP contribution in [-0.2, 0) is 19.6 Å². The van der Waals surface area contributed by atoms with Gasteiger partial charge in [0.2, 0.25) is 15.9 Å². The second-order valence-corrected chi connectivity index (χ2v) is 7.78. The minimum Gasteiger partial charge on any atom is -0.379 e. The van der Waals surface area contributed by atoms with Crippen LogP contribution < -0.4 is 10.0 Å². The van der Waals surface area contributed by atoms with Gasteiger partial charge in [0.05, 0.1) is 25.5 Å². The third kappa shape index (κ3) is 7.47. The molecular formula is C16H24FN3O4S. The number of nitrogens with one attached hydrogen (secondary N) is 2. The van der Waals surface area contributed by atoms with E-state index in [-0.39, 0.29) is 12.3 Å². The van der Waals surface area contributed by atoms with Crippen molar-refractivity contribution in [2.24, 2.45) is 0 Å². The number of halogens is 1. The van der Waals surface area contributed by atoms with Crippen LogP contribution in [0.2, 0.25) is 0 Å². The summed E-state index contributed by atoms with van der Waals surface area (Å²) in [6.07, 6.45) is 0.974. The third-order valence-corrected chi connectivity index (χ3v) is 4.58. The average molecular weight is 373 g/mol. The Bertz CT molecular complexity index is 660. The molecule has 1 heterocycles. The van der Waals surface area contributed by atoms with Crippen LogP contribution in [0.25, 0.3) is 0 Å². The highest BCUT2D eigenvalue weighted by Crippen LogP contribution is 2.18. The molecule has 9 heteroatoms. The monoisotopic (exact) mass is 373 g/mol. The number of carbonyl (C=O) groups is 1. The van der Waals surface area contributed by atoms with E-state index in [1.54, 1.807) is 0 Å². The van der Waals surface area contributed by atoms with Gasteiger partial charge in [0, 0.05) is 32.6 Å². The Labute approximate surface area is 147 Å². The molecule has 0 spiro atoms. The lowest BCUT2D eigenvalue weighted by molar-refractivity contribution is -0.121. The zero-order chi connectivity index (χ0) is 18.3. The van der Waals surface area contributed by atoms with E-state index in [1.807, 2.05) is 0 Å². The summed E-state index contributed by atoms with van der Waals surface area (Å²) >= 11 is 0. The summed E-state index contributed by atoms with van der Waals surface area (Å²) in [7, 11) is -3.51. The highest BCUT2D eigenvalue weighted by Gasteiger charge is 2.20. The molecule has 140 valence electrons. The lowest BCUT2D eigenvalue weighted by Gasteiger charge is -2.26. The summed E-state index contributed by atoms with van der Waals surface area (Å²) in [6.45, 7) is 4.26. The number of sulfonamides is 1. The first kappa shape index (κ1) is 19.8. The van der Waals surface area contributed by atoms with Crippen molar-refractivity contribution < 1.29 is 22.3 Å². The number of amides is 1. The third-order valence-electron chi connectivity index (χ3n) is 3.87. The van der Waals surface area contributed by atoms with Crippen LogP contribution in [0, 0.1) is 5.82 Å². The van der Waals surface area contributed by atoms with Crippen LogP contribution in [-0.4, -0.2) is 64.9 Å². The number of carbonyl (C=O) groups excluding carboxylic acids is 1. The SMILES string of the molecule is CS(=O)(=O)NC(CC(=O)NCCN1CCOCC1)c1ccc(F)cc1. The fraction of sp³-hybridized carbons (Fsp3) is 0.562. The molecule has 0 aromatic heterocycles. The molecule has 1 atom stereocenters. The number of hydrogen-bond donors (Lipinski definition) is 2. The van der Waals surface area contributed by atoms with Crippen LogP contribution in [0.4, 0.5) is 4.39 Å². The number of ether oxygens (including phenoxy) is 1. The number of morpholine rings is 1. The molecule has 1 aromatic carbocycles. The second-order valence-electron chi connectivity index (χ2n) is 6.00. The van der Waals surface area contributed by atoms with Gasteiger partial charge in [-0.05, 0) is 17.7 Å². The molecule has 7 nitrogen and oxygen atoms in total. The Morgan fingerprint density at radius 3 is 2.52 bits per heavy atom. The van der Waals surface area contributed by atoms with E-state index in [1.165, 1.54) is 24.3 Å². The molecule has 1 aliphatic heterocycles. The van der Waals surface area contributed by atoms with Crippen molar-refractivity contribution in [3.63, 3.8) is 0 Å². The van der Waals surface area contributed by atoms with Gasteiger partial charge in [-0.2, -0.15) is 0 Å². The summed E-state index contributed by atoms with van der Waals surface area (Å²) in [4.78, 5) is 14.3. The fourth-order valence-electron chi connectivity index (χ4n) is 2.62. The van der Waals surface area contributed by atoms with Gasteiger partial charge in [0.25, 0.3) is 0 Å². The van der Waals surface area contributed by atoms with Crippen LogP contribution in [0.15, 0.2) is 24.3 Å². The summed E-state index contributed by atoms with van der Waals surface area (Å²) in [5.41, 5.74) is 0.537. The van der Waals surface area contributed by atoms with Gasteiger partial charge in [-0.25, -0.2) is 17.5 Å². The van der Waals surface area contributed by atoms with Gasteiger partial charge < -0.3 is 10.1 Å². The highest BCUT2D eigenvalue weighted by atomic mass is 32.2. The van der Waals surface area contributed by atoms with Gasteiger partial charge >= 0.3 is 0 Å². The summed E-state index contributed by atoms with van der Waals surface area (Å²) in [5, 5.41) is 2.80. The Hall–Kier alpha value is -1.55. The largest absolute Gasteiger partial charge is 0.379 e. The molecule has 0 saturated carbocycles. The molecule has 25 heavy (non-hydrogen) atoms. The molecule has 2 N–H and O–H groups in total. The van der Waals surface area contributed by atoms with Crippen LogP contribution in [0.1, 0.15) is 18.0 Å². The van der Waals surface area contributed by atoms with Crippen molar-refractivity contribution in [1.29, 1.82) is 0 Å². The molecule has 0 radical (unpaired) electrons. The van der Waals surface area contributed by atoms with Crippen molar-refractivity contribution in [3.05, 3.63) is 35.6 Å². The molecule has 0 bridgehead atoms. The first-order chi connectivity index (χ1) is 11.8. The second kappa shape index (κ2) is 9.23. The van der Waals surface area contributed by atoms with Crippen molar-refractivity contribution in [3.8, 4) is 0 Å². The molecule has 1 saturated heterocycles. The van der Waals surface area contributed by atoms with Gasteiger partial charge in [0.1, 0.15) is 5.82 Å². The zero-order valence-electron chi connectivity index (χ0n) is 14.2. The van der Waals surface area contributed by atoms with E-state index in [9.17, 15) is 17.6 Å². The minimum absolute atomic E-state index is 0.0538. The Kier molecular flexibility index (Phi) is 7.30. The maximum absolute atomic E-state index is 13.1. The van der Waals surface area contributed by atoms with Crippen molar-refractivity contribution in [2.45, 2.75) is 12.5 Å². The molecule has 1 aromatic rings. The van der Waals surface area contributed by atoms with E-state index in [2.05, 4.69) is 14.9 Å². The number of hydrogen-bond acceptors (Lipinski definition) is 5. The Balaban J connectivity index is 1.88. The lowest BCUT2D eigenvalue weighted by Crippen LogP contribution is -2.42. The van der Waals surface area contributed by atoms with E-state index in [4.69, 9.17) is 4.74 Å². The summed E-state index contributed by atoms with van der Waals surface area (Å²) < 4.78 is 43.8. The molecule has 0 aliphatic carbocycles. The number of benzene rings is 1. The topological polar surface area (TPSA) is 87.7 Å². The van der Waals surface area contributed by atoms with E-state index < -0.39 is 21.9 Å². The van der Waals surface area contributed by atoms with Crippen molar-refractivity contribution in [2.75, 3.05) is 45.6 Å². The van der Waals surface area contributed by atoms with Gasteiger partial charge in [-0.15, -0.1) is 0 Å². The van der Waals surface area contributed by atoms with Gasteiger partial charge in [0.15, 0.2) is 0 Å². The maximum Gasteiger partial charge on any atom is 0.221 e. The zero-order valence-corrected chi connectivity index (χ0v) is 15.0. The van der Waals surface area contributed by atoms with E-state index in [0.717, 1.165) is 25.9 Å². The van der Waals surface area contributed by atoms with Crippen LogP contribution in [0.5, 0.6) is 0 Å². The first-order valence-corrected chi connectivity index (χ1v) is 10.0. The molecule has 1 fully saturated rings. The van der Waals surface area contributed by atoms with Crippen molar-refractivity contribution in [1.82, 2.24) is 14.9 Å². The predicted octanol–water partition coefficient (Wildman–Crippen LogP) is 0.255. The van der Waals surface area contributed by atoms with Gasteiger partial charge in [-0.1, -0.05) is 12.1 Å². The molecular weight excluding hydrogens is 349 g/mol. The predicted molar refractivity (Wildman–Crippen MR) is 92.0 cm³/mol. The molecule has 1 unspecified atom stereocenters. The summed E-state index contributed by atoms with van der Waals surface area (Å²) in [5.74, 6) is -0.685. The van der Waals surface area contributed by atoms with Crippen LogP contribution >= 0.6 is 0 Å². The van der Waals surface area contributed by atoms with Crippen molar-refractivity contribution >= 4 is 15.9 Å². The van der Waals surface area contributed by atoms with E-state index in [0.29, 0.717) is 25.3 Å². The highest BCUT2D eigenvalue weighted by molar-refractivity contribution is 7.88. The number of nitrogens with zero attached hydrogens (tertiary/aromatic N) is 1. The quantitative estimate of drug-likeness (QED) is 0.682. The van der Waals surface area contributed by atoms with Gasteiger partial charge in [-0.3, -0.25) is 9.69 Å². The standard InChI is InChI=1S/C16H24FN3O4S/c1-25(22,23)19-15(13-2-4-14(17)5-3-13)12-16(21)18-6-7-20-8-10-24-11-9-20/h2-5,15,19H,6-12H2,1H3,(H,18,21). The van der Waals surface area contributed by atoms with Crippen LogP contribution in [0.3, 0.4) is 0 Å². The minimum atomic E-state index is -3.51. The fourth-order valence-corrected chi connectivity index (χ4v) is 3.35. The first-order valence-electron chi connectivity index (χ1n) is 8.13. The molecule has 1 aliphatic rings. The average Bonchev–Trinajstić information content (AvgIpc) is 2.54. The Morgan fingerprint density at radius 2 is 1.92 bits per heavy atom. The molecule has 2 rings (SSSR count).